The molecule has 1 heterocycles. The SMILES string of the molecule is CCOc1cc(/C=C2/SC(=S)N([C@@H](C)C(=O)O)C2=O)ccc1O. The lowest BCUT2D eigenvalue weighted by molar-refractivity contribution is -0.144. The van der Waals surface area contributed by atoms with Gasteiger partial charge >= 0.3 is 5.97 Å². The van der Waals surface area contributed by atoms with E-state index in [9.17, 15) is 14.7 Å². The van der Waals surface area contributed by atoms with Crippen LogP contribution in [0.15, 0.2) is 23.1 Å². The topological polar surface area (TPSA) is 87.1 Å². The van der Waals surface area contributed by atoms with Crippen molar-refractivity contribution in [2.45, 2.75) is 19.9 Å². The van der Waals surface area contributed by atoms with E-state index in [0.29, 0.717) is 22.8 Å². The molecule has 1 atom stereocenters. The van der Waals surface area contributed by atoms with E-state index in [4.69, 9.17) is 22.1 Å². The molecular weight excluding hydrogens is 338 g/mol. The van der Waals surface area contributed by atoms with Gasteiger partial charge in [0.1, 0.15) is 10.4 Å². The predicted molar refractivity (Wildman–Crippen MR) is 91.4 cm³/mol. The van der Waals surface area contributed by atoms with E-state index >= 15 is 0 Å². The number of nitrogens with zero attached hydrogens (tertiary/aromatic N) is 1. The second kappa shape index (κ2) is 7.01. The van der Waals surface area contributed by atoms with E-state index < -0.39 is 17.9 Å². The van der Waals surface area contributed by atoms with Crippen molar-refractivity contribution in [3.63, 3.8) is 0 Å². The molecule has 23 heavy (non-hydrogen) atoms. The van der Waals surface area contributed by atoms with Gasteiger partial charge in [-0.15, -0.1) is 0 Å². The molecule has 1 amide bonds. The summed E-state index contributed by atoms with van der Waals surface area (Å²) in [6.45, 7) is 3.60. The first-order valence-corrected chi connectivity index (χ1v) is 8.03. The minimum atomic E-state index is -1.12. The smallest absolute Gasteiger partial charge is 0.326 e. The summed E-state index contributed by atoms with van der Waals surface area (Å²) >= 11 is 6.14. The summed E-state index contributed by atoms with van der Waals surface area (Å²) in [5.41, 5.74) is 0.648. The van der Waals surface area contributed by atoms with Crippen LogP contribution in [0.25, 0.3) is 6.08 Å². The van der Waals surface area contributed by atoms with Gasteiger partial charge in [-0.1, -0.05) is 30.0 Å². The van der Waals surface area contributed by atoms with Gasteiger partial charge in [0.25, 0.3) is 5.91 Å². The number of phenols is 1. The zero-order chi connectivity index (χ0) is 17.1. The predicted octanol–water partition coefficient (Wildman–Crippen LogP) is 2.47. The number of hydrogen-bond donors (Lipinski definition) is 2. The number of carbonyl (C=O) groups is 2. The van der Waals surface area contributed by atoms with Crippen LogP contribution in [-0.4, -0.2) is 44.0 Å². The van der Waals surface area contributed by atoms with E-state index in [-0.39, 0.29) is 10.1 Å². The third kappa shape index (κ3) is 3.65. The molecule has 0 aromatic heterocycles. The van der Waals surface area contributed by atoms with Crippen molar-refractivity contribution >= 4 is 46.3 Å². The summed E-state index contributed by atoms with van der Waals surface area (Å²) in [6, 6.07) is 3.68. The van der Waals surface area contributed by atoms with Gasteiger partial charge in [-0.05, 0) is 37.6 Å². The second-order valence-corrected chi connectivity index (χ2v) is 6.40. The summed E-state index contributed by atoms with van der Waals surface area (Å²) in [5.74, 6) is -1.24. The van der Waals surface area contributed by atoms with E-state index in [1.807, 2.05) is 0 Å². The molecule has 6 nitrogen and oxygen atoms in total. The van der Waals surface area contributed by atoms with Gasteiger partial charge < -0.3 is 14.9 Å². The van der Waals surface area contributed by atoms with Gasteiger partial charge in [0, 0.05) is 0 Å². The van der Waals surface area contributed by atoms with Crippen LogP contribution in [-0.2, 0) is 9.59 Å². The Bertz CT molecular complexity index is 701. The summed E-state index contributed by atoms with van der Waals surface area (Å²) in [4.78, 5) is 24.8. The number of amides is 1. The van der Waals surface area contributed by atoms with Crippen molar-refractivity contribution in [2.24, 2.45) is 0 Å². The molecule has 0 radical (unpaired) electrons. The number of carbonyl (C=O) groups excluding carboxylic acids is 1. The molecule has 2 N–H and O–H groups in total. The maximum Gasteiger partial charge on any atom is 0.326 e. The molecule has 1 aromatic rings. The molecule has 1 aliphatic heterocycles. The van der Waals surface area contributed by atoms with Gasteiger partial charge in [0.2, 0.25) is 0 Å². The van der Waals surface area contributed by atoms with Crippen molar-refractivity contribution in [3.05, 3.63) is 28.7 Å². The van der Waals surface area contributed by atoms with Crippen LogP contribution in [0.5, 0.6) is 11.5 Å². The Morgan fingerprint density at radius 1 is 1.52 bits per heavy atom. The van der Waals surface area contributed by atoms with Crippen molar-refractivity contribution in [2.75, 3.05) is 6.61 Å². The molecular formula is C15H15NO5S2. The number of benzene rings is 1. The fourth-order valence-electron chi connectivity index (χ4n) is 1.97. The van der Waals surface area contributed by atoms with E-state index in [1.165, 1.54) is 13.0 Å². The summed E-state index contributed by atoms with van der Waals surface area (Å²) in [6.07, 6.45) is 1.59. The van der Waals surface area contributed by atoms with E-state index in [2.05, 4.69) is 0 Å². The van der Waals surface area contributed by atoms with E-state index in [1.54, 1.807) is 25.1 Å². The normalized spacial score (nSPS) is 17.7. The third-order valence-electron chi connectivity index (χ3n) is 3.15. The lowest BCUT2D eigenvalue weighted by Crippen LogP contribution is -2.41. The Hall–Kier alpha value is -2.06. The molecule has 0 unspecified atom stereocenters. The number of phenolic OH excluding ortho intramolecular Hbond substituents is 1. The quantitative estimate of drug-likeness (QED) is 0.621. The number of hydrogen-bond acceptors (Lipinski definition) is 6. The summed E-state index contributed by atoms with van der Waals surface area (Å²) in [7, 11) is 0. The summed E-state index contributed by atoms with van der Waals surface area (Å²) < 4.78 is 5.50. The Kier molecular flexibility index (Phi) is 5.27. The Labute approximate surface area is 142 Å². The number of ether oxygens (including phenoxy) is 1. The van der Waals surface area contributed by atoms with Crippen LogP contribution in [0.1, 0.15) is 19.4 Å². The minimum Gasteiger partial charge on any atom is -0.504 e. The highest BCUT2D eigenvalue weighted by Crippen LogP contribution is 2.35. The number of aromatic hydroxyl groups is 1. The van der Waals surface area contributed by atoms with Crippen LogP contribution >= 0.6 is 24.0 Å². The number of aliphatic carboxylic acids is 1. The highest BCUT2D eigenvalue weighted by Gasteiger charge is 2.38. The highest BCUT2D eigenvalue weighted by atomic mass is 32.2. The van der Waals surface area contributed by atoms with Crippen LogP contribution in [0.2, 0.25) is 0 Å². The van der Waals surface area contributed by atoms with Crippen molar-refractivity contribution < 1.29 is 24.5 Å². The van der Waals surface area contributed by atoms with Gasteiger partial charge in [-0.3, -0.25) is 9.69 Å². The first kappa shape index (κ1) is 17.3. The average molecular weight is 353 g/mol. The fraction of sp³-hybridized carbons (Fsp3) is 0.267. The molecule has 1 saturated heterocycles. The van der Waals surface area contributed by atoms with Crippen LogP contribution in [0.3, 0.4) is 0 Å². The lowest BCUT2D eigenvalue weighted by Gasteiger charge is -2.18. The number of carboxylic acid groups (broad SMARTS) is 1. The fourth-order valence-corrected chi connectivity index (χ4v) is 3.39. The van der Waals surface area contributed by atoms with E-state index in [0.717, 1.165) is 16.7 Å². The highest BCUT2D eigenvalue weighted by molar-refractivity contribution is 8.26. The van der Waals surface area contributed by atoms with Crippen molar-refractivity contribution in [1.29, 1.82) is 0 Å². The number of thioether (sulfide) groups is 1. The van der Waals surface area contributed by atoms with Crippen LogP contribution in [0, 0.1) is 0 Å². The molecule has 0 spiro atoms. The first-order valence-electron chi connectivity index (χ1n) is 6.80. The van der Waals surface area contributed by atoms with Crippen molar-refractivity contribution in [1.82, 2.24) is 4.90 Å². The molecule has 0 aliphatic carbocycles. The van der Waals surface area contributed by atoms with Crippen molar-refractivity contribution in [3.8, 4) is 11.5 Å². The number of carboxylic acids is 1. The summed E-state index contributed by atoms with van der Waals surface area (Å²) in [5, 5.41) is 18.7. The number of rotatable bonds is 5. The molecule has 1 fully saturated rings. The first-order chi connectivity index (χ1) is 10.8. The lowest BCUT2D eigenvalue weighted by atomic mass is 10.2. The Balaban J connectivity index is 2.31. The maximum atomic E-state index is 12.3. The van der Waals surface area contributed by atoms with Gasteiger partial charge in [-0.2, -0.15) is 0 Å². The molecule has 1 aromatic carbocycles. The maximum absolute atomic E-state index is 12.3. The number of thiocarbonyl (C=S) groups is 1. The molecule has 8 heteroatoms. The monoisotopic (exact) mass is 353 g/mol. The standard InChI is InChI=1S/C15H15NO5S2/c1-3-21-11-6-9(4-5-10(11)17)7-12-13(18)16(15(22)23-12)8(2)14(19)20/h4-8,17H,3H2,1-2H3,(H,19,20)/b12-7+/t8-/m0/s1. The Morgan fingerprint density at radius 2 is 2.22 bits per heavy atom. The zero-order valence-electron chi connectivity index (χ0n) is 12.5. The molecule has 0 saturated carbocycles. The van der Waals surface area contributed by atoms with Crippen LogP contribution < -0.4 is 4.74 Å². The molecule has 2 rings (SSSR count). The third-order valence-corrected chi connectivity index (χ3v) is 4.48. The Morgan fingerprint density at radius 3 is 2.83 bits per heavy atom. The average Bonchev–Trinajstić information content (AvgIpc) is 2.76. The molecule has 122 valence electrons. The largest absolute Gasteiger partial charge is 0.504 e. The molecule has 0 bridgehead atoms. The van der Waals surface area contributed by atoms with Gasteiger partial charge in [-0.25, -0.2) is 4.79 Å². The van der Waals surface area contributed by atoms with Gasteiger partial charge in [0.05, 0.1) is 11.5 Å². The van der Waals surface area contributed by atoms with Crippen LogP contribution in [0.4, 0.5) is 0 Å². The molecule has 1 aliphatic rings. The second-order valence-electron chi connectivity index (χ2n) is 4.73. The zero-order valence-corrected chi connectivity index (χ0v) is 14.1. The van der Waals surface area contributed by atoms with Gasteiger partial charge in [0.15, 0.2) is 11.5 Å². The minimum absolute atomic E-state index is 0.0102.